The number of carbonyl (C=O) groups is 2. The van der Waals surface area contributed by atoms with E-state index in [1.54, 1.807) is 0 Å². The molecule has 0 heterocycles. The summed E-state index contributed by atoms with van der Waals surface area (Å²) in [6.45, 7) is 6.34. The van der Waals surface area contributed by atoms with Crippen LogP contribution in [0.3, 0.4) is 0 Å². The van der Waals surface area contributed by atoms with Crippen molar-refractivity contribution in [2.75, 3.05) is 6.61 Å². The van der Waals surface area contributed by atoms with E-state index in [1.165, 1.54) is 128 Å². The van der Waals surface area contributed by atoms with Crippen LogP contribution in [0, 0.1) is 0 Å². The molecule has 0 spiro atoms. The molecule has 360 valence electrons. The third-order valence-electron chi connectivity index (χ3n) is 11.9. The summed E-state index contributed by atoms with van der Waals surface area (Å²) < 4.78 is 5.91. The molecule has 6 nitrogen and oxygen atoms in total. The predicted octanol–water partition coefficient (Wildman–Crippen LogP) is 16.0. The lowest BCUT2D eigenvalue weighted by Gasteiger charge is -2.24. The molecule has 0 aromatic rings. The second kappa shape index (κ2) is 49.6. The van der Waals surface area contributed by atoms with Crippen LogP contribution in [0.5, 0.6) is 0 Å². The molecule has 3 N–H and O–H groups in total. The summed E-state index contributed by atoms with van der Waals surface area (Å²) in [7, 11) is 0. The standard InChI is InChI=1S/C56H101NO5/c1-4-7-10-13-16-19-22-25-27-29-30-33-36-39-42-45-48-54(59)53(51-58)57-55(60)50-52(47-44-41-38-35-32-24-21-18-15-12-9-6-3)62-56(61)49-46-43-40-37-34-31-28-26-23-20-17-14-11-8-5-2/h9,12,17-18,20-21,23,26,32,35,52-54,58-59H,4-8,10-11,13-16,19,22,24-25,27-31,33-34,36-51H2,1-3H3,(H,57,60)/b12-9+,20-17+,21-18+,26-23+,35-32+. The van der Waals surface area contributed by atoms with Crippen LogP contribution in [0.4, 0.5) is 0 Å². The van der Waals surface area contributed by atoms with Crippen molar-refractivity contribution in [3.05, 3.63) is 60.8 Å². The molecule has 0 saturated carbocycles. The molecular formula is C56H101NO5. The fourth-order valence-corrected chi connectivity index (χ4v) is 7.85. The number of aliphatic hydroxyl groups excluding tert-OH is 2. The zero-order valence-corrected chi connectivity index (χ0v) is 41.0. The molecule has 0 radical (unpaired) electrons. The minimum absolute atomic E-state index is 0.0458. The lowest BCUT2D eigenvalue weighted by atomic mass is 10.0. The summed E-state index contributed by atoms with van der Waals surface area (Å²) in [4.78, 5) is 26.1. The third-order valence-corrected chi connectivity index (χ3v) is 11.9. The van der Waals surface area contributed by atoms with Gasteiger partial charge >= 0.3 is 5.97 Å². The first-order valence-electron chi connectivity index (χ1n) is 26.5. The number of ether oxygens (including phenoxy) is 1. The third kappa shape index (κ3) is 44.2. The maximum atomic E-state index is 13.2. The molecule has 0 bridgehead atoms. The van der Waals surface area contributed by atoms with Gasteiger partial charge in [0.25, 0.3) is 0 Å². The number of carbonyl (C=O) groups excluding carboxylic acids is 2. The second-order valence-electron chi connectivity index (χ2n) is 17.9. The van der Waals surface area contributed by atoms with Gasteiger partial charge in [0.15, 0.2) is 0 Å². The molecule has 6 heteroatoms. The zero-order valence-electron chi connectivity index (χ0n) is 41.0. The number of hydrogen-bond donors (Lipinski definition) is 3. The van der Waals surface area contributed by atoms with Crippen LogP contribution in [0.25, 0.3) is 0 Å². The molecule has 0 fully saturated rings. The molecule has 0 aliphatic carbocycles. The van der Waals surface area contributed by atoms with E-state index in [1.807, 2.05) is 0 Å². The topological polar surface area (TPSA) is 95.9 Å². The van der Waals surface area contributed by atoms with Gasteiger partial charge in [0, 0.05) is 6.42 Å². The molecule has 0 aliphatic heterocycles. The van der Waals surface area contributed by atoms with E-state index in [9.17, 15) is 19.8 Å². The fraction of sp³-hybridized carbons (Fsp3) is 0.786. The lowest BCUT2D eigenvalue weighted by molar-refractivity contribution is -0.151. The SMILES string of the molecule is CC/C=C/C/C=C/C/C=C/CCCCC(CC(=O)NC(CO)C(O)CCCCCCCCCCCCCCCCCC)OC(=O)CCCCCCCC/C=C/C=C/CCCCC. The van der Waals surface area contributed by atoms with Crippen molar-refractivity contribution in [2.45, 2.75) is 277 Å². The van der Waals surface area contributed by atoms with Crippen LogP contribution in [-0.4, -0.2) is 46.9 Å². The van der Waals surface area contributed by atoms with Gasteiger partial charge < -0.3 is 20.3 Å². The summed E-state index contributed by atoms with van der Waals surface area (Å²) in [6, 6.07) is -0.717. The van der Waals surface area contributed by atoms with Crippen LogP contribution in [0.2, 0.25) is 0 Å². The Bertz CT molecular complexity index is 1110. The summed E-state index contributed by atoms with van der Waals surface area (Å²) in [6.07, 6.45) is 61.4. The van der Waals surface area contributed by atoms with Gasteiger partial charge in [-0.3, -0.25) is 9.59 Å². The minimum Gasteiger partial charge on any atom is -0.462 e. The van der Waals surface area contributed by atoms with Gasteiger partial charge in [0.2, 0.25) is 5.91 Å². The first-order chi connectivity index (χ1) is 30.5. The Morgan fingerprint density at radius 2 is 0.919 bits per heavy atom. The molecule has 0 aromatic heterocycles. The highest BCUT2D eigenvalue weighted by Gasteiger charge is 2.24. The highest BCUT2D eigenvalue weighted by atomic mass is 16.5. The average Bonchev–Trinajstić information content (AvgIpc) is 3.26. The molecule has 0 aliphatic rings. The zero-order chi connectivity index (χ0) is 45.2. The number of aliphatic hydroxyl groups is 2. The average molecular weight is 868 g/mol. The number of amides is 1. The van der Waals surface area contributed by atoms with Crippen molar-refractivity contribution in [3.8, 4) is 0 Å². The van der Waals surface area contributed by atoms with Crippen molar-refractivity contribution in [1.82, 2.24) is 5.32 Å². The maximum absolute atomic E-state index is 13.2. The van der Waals surface area contributed by atoms with Crippen molar-refractivity contribution in [1.29, 1.82) is 0 Å². The first-order valence-corrected chi connectivity index (χ1v) is 26.5. The predicted molar refractivity (Wildman–Crippen MR) is 268 cm³/mol. The highest BCUT2D eigenvalue weighted by Crippen LogP contribution is 2.17. The Morgan fingerprint density at radius 1 is 0.500 bits per heavy atom. The van der Waals surface area contributed by atoms with E-state index in [0.717, 1.165) is 83.5 Å². The van der Waals surface area contributed by atoms with Gasteiger partial charge in [0.1, 0.15) is 6.10 Å². The van der Waals surface area contributed by atoms with Crippen molar-refractivity contribution in [2.24, 2.45) is 0 Å². The van der Waals surface area contributed by atoms with Gasteiger partial charge in [-0.05, 0) is 83.5 Å². The quantitative estimate of drug-likeness (QED) is 0.0245. The molecule has 0 rings (SSSR count). The largest absolute Gasteiger partial charge is 0.462 e. The lowest BCUT2D eigenvalue weighted by Crippen LogP contribution is -2.46. The van der Waals surface area contributed by atoms with Gasteiger partial charge in [-0.2, -0.15) is 0 Å². The van der Waals surface area contributed by atoms with E-state index < -0.39 is 18.2 Å². The summed E-state index contributed by atoms with van der Waals surface area (Å²) >= 11 is 0. The number of esters is 1. The van der Waals surface area contributed by atoms with Crippen LogP contribution in [0.1, 0.15) is 258 Å². The van der Waals surface area contributed by atoms with Crippen LogP contribution in [0.15, 0.2) is 60.8 Å². The molecular weight excluding hydrogens is 767 g/mol. The molecule has 0 saturated heterocycles. The van der Waals surface area contributed by atoms with Gasteiger partial charge in [-0.15, -0.1) is 0 Å². The summed E-state index contributed by atoms with van der Waals surface area (Å²) in [5, 5.41) is 23.8. The smallest absolute Gasteiger partial charge is 0.306 e. The van der Waals surface area contributed by atoms with E-state index in [-0.39, 0.29) is 24.9 Å². The highest BCUT2D eigenvalue weighted by molar-refractivity contribution is 5.77. The van der Waals surface area contributed by atoms with E-state index in [2.05, 4.69) is 86.8 Å². The van der Waals surface area contributed by atoms with Gasteiger partial charge in [-0.1, -0.05) is 223 Å². The molecule has 62 heavy (non-hydrogen) atoms. The normalized spacial score (nSPS) is 13.7. The van der Waals surface area contributed by atoms with Crippen LogP contribution >= 0.6 is 0 Å². The number of unbranched alkanes of at least 4 members (excludes halogenated alkanes) is 26. The summed E-state index contributed by atoms with van der Waals surface area (Å²) in [5.74, 6) is -0.524. The number of nitrogens with one attached hydrogen (secondary N) is 1. The first kappa shape index (κ1) is 59.6. The Morgan fingerprint density at radius 3 is 1.47 bits per heavy atom. The van der Waals surface area contributed by atoms with E-state index in [4.69, 9.17) is 4.74 Å². The summed E-state index contributed by atoms with van der Waals surface area (Å²) in [5.41, 5.74) is 0. The van der Waals surface area contributed by atoms with Crippen molar-refractivity contribution < 1.29 is 24.5 Å². The van der Waals surface area contributed by atoms with E-state index in [0.29, 0.717) is 19.3 Å². The van der Waals surface area contributed by atoms with Gasteiger partial charge in [-0.25, -0.2) is 0 Å². The maximum Gasteiger partial charge on any atom is 0.306 e. The number of hydrogen-bond acceptors (Lipinski definition) is 5. The molecule has 1 amide bonds. The Kier molecular flexibility index (Phi) is 47.6. The van der Waals surface area contributed by atoms with Crippen LogP contribution < -0.4 is 5.32 Å². The minimum atomic E-state index is -0.801. The molecule has 3 atom stereocenters. The number of allylic oxidation sites excluding steroid dienone is 10. The van der Waals surface area contributed by atoms with E-state index >= 15 is 0 Å². The Balaban J connectivity index is 4.57. The van der Waals surface area contributed by atoms with Crippen LogP contribution in [-0.2, 0) is 14.3 Å². The van der Waals surface area contributed by atoms with Crippen molar-refractivity contribution in [3.63, 3.8) is 0 Å². The second-order valence-corrected chi connectivity index (χ2v) is 17.9. The Labute approximate surface area is 384 Å². The number of rotatable bonds is 47. The van der Waals surface area contributed by atoms with Gasteiger partial charge in [0.05, 0.1) is 25.2 Å². The fourth-order valence-electron chi connectivity index (χ4n) is 7.85. The molecule has 0 aromatic carbocycles. The van der Waals surface area contributed by atoms with Crippen molar-refractivity contribution >= 4 is 11.9 Å². The monoisotopic (exact) mass is 868 g/mol. The molecule has 3 unspecified atom stereocenters. The Hall–Kier alpha value is -2.44.